The molecule has 4 nitrogen and oxygen atoms in total. The average Bonchev–Trinajstić information content (AvgIpc) is 2.86. The Balaban J connectivity index is 1.89. The molecule has 1 saturated heterocycles. The van der Waals surface area contributed by atoms with Crippen molar-refractivity contribution in [2.75, 3.05) is 19.7 Å². The molecule has 0 bridgehead atoms. The molecular weight excluding hydrogens is 214 g/mol. The third-order valence-electron chi connectivity index (χ3n) is 3.23. The maximum atomic E-state index is 5.83. The summed E-state index contributed by atoms with van der Waals surface area (Å²) >= 11 is 0. The first kappa shape index (κ1) is 12.6. The van der Waals surface area contributed by atoms with Crippen molar-refractivity contribution in [3.8, 4) is 0 Å². The molecule has 96 valence electrons. The van der Waals surface area contributed by atoms with E-state index in [2.05, 4.69) is 30.5 Å². The Morgan fingerprint density at radius 3 is 3.06 bits per heavy atom. The van der Waals surface area contributed by atoms with Gasteiger partial charge in [-0.1, -0.05) is 13.8 Å². The van der Waals surface area contributed by atoms with Crippen LogP contribution in [0.1, 0.15) is 31.9 Å². The molecule has 0 radical (unpaired) electrons. The van der Waals surface area contributed by atoms with E-state index in [1.165, 1.54) is 5.56 Å². The van der Waals surface area contributed by atoms with Gasteiger partial charge in [-0.2, -0.15) is 5.10 Å². The number of aryl methyl sites for hydroxylation is 1. The molecular formula is C13H23N3O. The van der Waals surface area contributed by atoms with Gasteiger partial charge in [0.15, 0.2) is 0 Å². The van der Waals surface area contributed by atoms with Crippen molar-refractivity contribution in [3.63, 3.8) is 0 Å². The summed E-state index contributed by atoms with van der Waals surface area (Å²) in [5.41, 5.74) is 1.21. The van der Waals surface area contributed by atoms with Crippen LogP contribution in [0.2, 0.25) is 0 Å². The predicted molar refractivity (Wildman–Crippen MR) is 67.7 cm³/mol. The molecule has 2 unspecified atom stereocenters. The van der Waals surface area contributed by atoms with Gasteiger partial charge in [0.2, 0.25) is 0 Å². The Morgan fingerprint density at radius 2 is 2.41 bits per heavy atom. The summed E-state index contributed by atoms with van der Waals surface area (Å²) < 4.78 is 7.67. The molecule has 17 heavy (non-hydrogen) atoms. The predicted octanol–water partition coefficient (Wildman–Crippen LogP) is 1.74. The highest BCUT2D eigenvalue weighted by atomic mass is 16.5. The van der Waals surface area contributed by atoms with Crippen molar-refractivity contribution in [2.24, 2.45) is 18.9 Å². The van der Waals surface area contributed by atoms with E-state index in [1.807, 2.05) is 17.9 Å². The molecule has 1 fully saturated rings. The first-order valence-electron chi connectivity index (χ1n) is 6.47. The van der Waals surface area contributed by atoms with Crippen LogP contribution in [0.3, 0.4) is 0 Å². The monoisotopic (exact) mass is 237 g/mol. The number of hydrogen-bond acceptors (Lipinski definition) is 3. The number of nitrogens with one attached hydrogen (secondary N) is 1. The molecule has 2 atom stereocenters. The van der Waals surface area contributed by atoms with Gasteiger partial charge in [-0.05, 0) is 18.9 Å². The van der Waals surface area contributed by atoms with Gasteiger partial charge < -0.3 is 10.1 Å². The van der Waals surface area contributed by atoms with Crippen LogP contribution in [0.4, 0.5) is 0 Å². The summed E-state index contributed by atoms with van der Waals surface area (Å²) in [5.74, 6) is 1.28. The van der Waals surface area contributed by atoms with Gasteiger partial charge in [-0.25, -0.2) is 0 Å². The minimum absolute atomic E-state index is 0.225. The van der Waals surface area contributed by atoms with Crippen molar-refractivity contribution >= 4 is 0 Å². The molecule has 1 aromatic rings. The molecule has 0 amide bonds. The highest BCUT2D eigenvalue weighted by Gasteiger charge is 2.30. The van der Waals surface area contributed by atoms with Crippen molar-refractivity contribution in [1.82, 2.24) is 15.1 Å². The molecule has 1 aliphatic heterocycles. The van der Waals surface area contributed by atoms with Crippen LogP contribution in [0.15, 0.2) is 12.4 Å². The number of hydrogen-bond donors (Lipinski definition) is 1. The molecule has 2 heterocycles. The Hall–Kier alpha value is -0.870. The minimum atomic E-state index is 0.225. The van der Waals surface area contributed by atoms with Crippen molar-refractivity contribution in [2.45, 2.75) is 26.4 Å². The molecule has 1 N–H and O–H groups in total. The fourth-order valence-corrected chi connectivity index (χ4v) is 2.36. The van der Waals surface area contributed by atoms with E-state index >= 15 is 0 Å². The second-order valence-corrected chi connectivity index (χ2v) is 5.34. The Morgan fingerprint density at radius 1 is 1.59 bits per heavy atom. The summed E-state index contributed by atoms with van der Waals surface area (Å²) in [4.78, 5) is 0. The lowest BCUT2D eigenvalue weighted by Gasteiger charge is -2.18. The zero-order valence-electron chi connectivity index (χ0n) is 11.0. The van der Waals surface area contributed by atoms with Gasteiger partial charge in [-0.15, -0.1) is 0 Å². The maximum Gasteiger partial charge on any atom is 0.0896 e. The Labute approximate surface area is 103 Å². The van der Waals surface area contributed by atoms with Gasteiger partial charge in [0, 0.05) is 37.9 Å². The fourth-order valence-electron chi connectivity index (χ4n) is 2.36. The van der Waals surface area contributed by atoms with Gasteiger partial charge in [0.1, 0.15) is 0 Å². The standard InChI is InChI=1S/C13H23N3O/c1-10(2)6-14-7-11-4-5-17-13(11)12-8-15-16(3)9-12/h8-11,13-14H,4-7H2,1-3H3. The molecule has 0 aliphatic carbocycles. The Bertz CT molecular complexity index is 348. The van der Waals surface area contributed by atoms with E-state index < -0.39 is 0 Å². The SMILES string of the molecule is CC(C)CNCC1CCOC1c1cnn(C)c1. The number of rotatable bonds is 5. The van der Waals surface area contributed by atoms with E-state index in [4.69, 9.17) is 4.74 Å². The van der Waals surface area contributed by atoms with Gasteiger partial charge >= 0.3 is 0 Å². The lowest BCUT2D eigenvalue weighted by molar-refractivity contribution is 0.0903. The summed E-state index contributed by atoms with van der Waals surface area (Å²) in [6.07, 6.45) is 5.35. The lowest BCUT2D eigenvalue weighted by atomic mass is 9.97. The molecule has 4 heteroatoms. The van der Waals surface area contributed by atoms with Gasteiger partial charge in [0.25, 0.3) is 0 Å². The van der Waals surface area contributed by atoms with E-state index in [0.717, 1.165) is 26.1 Å². The van der Waals surface area contributed by atoms with E-state index in [0.29, 0.717) is 11.8 Å². The molecule has 1 aromatic heterocycles. The van der Waals surface area contributed by atoms with Crippen LogP contribution in [-0.4, -0.2) is 29.5 Å². The number of nitrogens with zero attached hydrogens (tertiary/aromatic N) is 2. The van der Waals surface area contributed by atoms with E-state index in [-0.39, 0.29) is 6.10 Å². The van der Waals surface area contributed by atoms with Gasteiger partial charge in [-0.3, -0.25) is 4.68 Å². The average molecular weight is 237 g/mol. The normalized spacial score (nSPS) is 24.7. The summed E-state index contributed by atoms with van der Waals surface area (Å²) in [5, 5.41) is 7.75. The smallest absolute Gasteiger partial charge is 0.0896 e. The zero-order valence-corrected chi connectivity index (χ0v) is 11.0. The largest absolute Gasteiger partial charge is 0.373 e. The summed E-state index contributed by atoms with van der Waals surface area (Å²) in [6, 6.07) is 0. The topological polar surface area (TPSA) is 39.1 Å². The van der Waals surface area contributed by atoms with Crippen LogP contribution in [0, 0.1) is 11.8 Å². The second kappa shape index (κ2) is 5.65. The summed E-state index contributed by atoms with van der Waals surface area (Å²) in [6.45, 7) is 7.45. The third kappa shape index (κ3) is 3.30. The number of aromatic nitrogens is 2. The Kier molecular flexibility index (Phi) is 4.18. The highest BCUT2D eigenvalue weighted by Crippen LogP contribution is 2.33. The van der Waals surface area contributed by atoms with Crippen LogP contribution in [0.5, 0.6) is 0 Å². The maximum absolute atomic E-state index is 5.83. The van der Waals surface area contributed by atoms with Crippen molar-refractivity contribution in [3.05, 3.63) is 18.0 Å². The van der Waals surface area contributed by atoms with E-state index in [9.17, 15) is 0 Å². The van der Waals surface area contributed by atoms with Crippen LogP contribution in [0.25, 0.3) is 0 Å². The van der Waals surface area contributed by atoms with Crippen molar-refractivity contribution < 1.29 is 4.74 Å². The highest BCUT2D eigenvalue weighted by molar-refractivity contribution is 5.11. The second-order valence-electron chi connectivity index (χ2n) is 5.34. The first-order valence-corrected chi connectivity index (χ1v) is 6.47. The van der Waals surface area contributed by atoms with Gasteiger partial charge in [0.05, 0.1) is 12.3 Å². The molecule has 0 spiro atoms. The molecule has 2 rings (SSSR count). The van der Waals surface area contributed by atoms with Crippen LogP contribution in [-0.2, 0) is 11.8 Å². The van der Waals surface area contributed by atoms with Crippen molar-refractivity contribution in [1.29, 1.82) is 0 Å². The summed E-state index contributed by atoms with van der Waals surface area (Å²) in [7, 11) is 1.95. The zero-order chi connectivity index (χ0) is 12.3. The fraction of sp³-hybridized carbons (Fsp3) is 0.769. The molecule has 0 aromatic carbocycles. The first-order chi connectivity index (χ1) is 8.16. The minimum Gasteiger partial charge on any atom is -0.373 e. The van der Waals surface area contributed by atoms with Crippen LogP contribution >= 0.6 is 0 Å². The molecule has 1 aliphatic rings. The molecule has 0 saturated carbocycles. The van der Waals surface area contributed by atoms with Crippen LogP contribution < -0.4 is 5.32 Å². The number of ether oxygens (including phenoxy) is 1. The third-order valence-corrected chi connectivity index (χ3v) is 3.23. The quantitative estimate of drug-likeness (QED) is 0.848. The van der Waals surface area contributed by atoms with E-state index in [1.54, 1.807) is 0 Å². The lowest BCUT2D eigenvalue weighted by Crippen LogP contribution is -2.27.